The summed E-state index contributed by atoms with van der Waals surface area (Å²) in [5, 5.41) is 15.1. The van der Waals surface area contributed by atoms with Crippen molar-refractivity contribution in [3.05, 3.63) is 11.9 Å². The van der Waals surface area contributed by atoms with Crippen LogP contribution in [0.3, 0.4) is 0 Å². The number of hydrogen-bond donors (Lipinski definition) is 3. The number of ether oxygens (including phenoxy) is 1. The van der Waals surface area contributed by atoms with E-state index in [-0.39, 0.29) is 6.61 Å². The Kier molecular flexibility index (Phi) is 7.84. The van der Waals surface area contributed by atoms with Crippen LogP contribution in [0.1, 0.15) is 25.8 Å². The third-order valence-electron chi connectivity index (χ3n) is 2.56. The first-order chi connectivity index (χ1) is 9.33. The van der Waals surface area contributed by atoms with Gasteiger partial charge in [-0.1, -0.05) is 13.3 Å². The molecule has 3 N–H and O–H groups in total. The van der Waals surface area contributed by atoms with Gasteiger partial charge in [0.05, 0.1) is 19.8 Å². The molecule has 6 nitrogen and oxygen atoms in total. The molecule has 1 heterocycles. The standard InChI is InChI=1S/C13H24N4O2/c1-3-5-11-12(14-4-2)16-10-17-13(11)15-6-8-19-9-7-18/h10,18H,3-9H2,1-2H3,(H2,14,15,16,17). The molecule has 0 saturated carbocycles. The molecular weight excluding hydrogens is 244 g/mol. The van der Waals surface area contributed by atoms with Crippen LogP contribution < -0.4 is 10.6 Å². The lowest BCUT2D eigenvalue weighted by molar-refractivity contribution is 0.0992. The Balaban J connectivity index is 2.61. The van der Waals surface area contributed by atoms with E-state index in [1.165, 1.54) is 0 Å². The van der Waals surface area contributed by atoms with Gasteiger partial charge in [0.1, 0.15) is 18.0 Å². The first kappa shape index (κ1) is 15.7. The summed E-state index contributed by atoms with van der Waals surface area (Å²) in [6, 6.07) is 0. The molecule has 0 amide bonds. The number of rotatable bonds is 10. The first-order valence-corrected chi connectivity index (χ1v) is 6.83. The number of anilines is 2. The second-order valence-corrected chi connectivity index (χ2v) is 4.09. The van der Waals surface area contributed by atoms with Crippen LogP contribution in [0, 0.1) is 0 Å². The fourth-order valence-corrected chi connectivity index (χ4v) is 1.78. The second kappa shape index (κ2) is 9.52. The van der Waals surface area contributed by atoms with E-state index in [0.717, 1.165) is 36.6 Å². The average molecular weight is 268 g/mol. The van der Waals surface area contributed by atoms with Crippen molar-refractivity contribution < 1.29 is 9.84 Å². The largest absolute Gasteiger partial charge is 0.394 e. The van der Waals surface area contributed by atoms with Gasteiger partial charge in [-0.2, -0.15) is 0 Å². The Morgan fingerprint density at radius 1 is 1.16 bits per heavy atom. The molecule has 19 heavy (non-hydrogen) atoms. The lowest BCUT2D eigenvalue weighted by Crippen LogP contribution is -2.15. The summed E-state index contributed by atoms with van der Waals surface area (Å²) in [6.07, 6.45) is 3.54. The van der Waals surface area contributed by atoms with E-state index in [9.17, 15) is 0 Å². The molecule has 0 saturated heterocycles. The highest BCUT2D eigenvalue weighted by Gasteiger charge is 2.09. The lowest BCUT2D eigenvalue weighted by Gasteiger charge is -2.14. The van der Waals surface area contributed by atoms with Gasteiger partial charge in [0.2, 0.25) is 0 Å². The Morgan fingerprint density at radius 3 is 2.53 bits per heavy atom. The van der Waals surface area contributed by atoms with Crippen LogP contribution in [-0.4, -0.2) is 48.0 Å². The SMILES string of the molecule is CCCc1c(NCC)ncnc1NCCOCCO. The number of hydrogen-bond acceptors (Lipinski definition) is 6. The Bertz CT molecular complexity index is 360. The molecule has 108 valence electrons. The normalized spacial score (nSPS) is 10.5. The van der Waals surface area contributed by atoms with E-state index in [0.29, 0.717) is 19.8 Å². The lowest BCUT2D eigenvalue weighted by atomic mass is 10.1. The van der Waals surface area contributed by atoms with Gasteiger partial charge in [-0.15, -0.1) is 0 Å². The molecule has 0 fully saturated rings. The van der Waals surface area contributed by atoms with E-state index in [1.54, 1.807) is 6.33 Å². The minimum absolute atomic E-state index is 0.0547. The van der Waals surface area contributed by atoms with Crippen LogP contribution >= 0.6 is 0 Å². The molecule has 1 rings (SSSR count). The predicted molar refractivity (Wildman–Crippen MR) is 76.6 cm³/mol. The second-order valence-electron chi connectivity index (χ2n) is 4.09. The monoisotopic (exact) mass is 268 g/mol. The van der Waals surface area contributed by atoms with Crippen LogP contribution in [0.25, 0.3) is 0 Å². The van der Waals surface area contributed by atoms with Gasteiger partial charge in [-0.05, 0) is 13.3 Å². The van der Waals surface area contributed by atoms with E-state index < -0.39 is 0 Å². The Labute approximate surface area is 114 Å². The fraction of sp³-hybridized carbons (Fsp3) is 0.692. The molecule has 0 unspecified atom stereocenters. The molecule has 0 atom stereocenters. The molecule has 0 aromatic carbocycles. The summed E-state index contributed by atoms with van der Waals surface area (Å²) in [6.45, 7) is 6.67. The maximum atomic E-state index is 8.62. The van der Waals surface area contributed by atoms with Gasteiger partial charge >= 0.3 is 0 Å². The Morgan fingerprint density at radius 2 is 1.89 bits per heavy atom. The molecule has 0 aliphatic carbocycles. The topological polar surface area (TPSA) is 79.3 Å². The van der Waals surface area contributed by atoms with Gasteiger partial charge in [-0.25, -0.2) is 9.97 Å². The van der Waals surface area contributed by atoms with Crippen molar-refractivity contribution in [3.63, 3.8) is 0 Å². The molecule has 0 radical (unpaired) electrons. The van der Waals surface area contributed by atoms with Crippen LogP contribution in [0.5, 0.6) is 0 Å². The molecule has 1 aromatic rings. The van der Waals surface area contributed by atoms with Crippen molar-refractivity contribution in [2.75, 3.05) is 43.5 Å². The highest BCUT2D eigenvalue weighted by Crippen LogP contribution is 2.21. The number of aliphatic hydroxyl groups excluding tert-OH is 1. The summed E-state index contributed by atoms with van der Waals surface area (Å²) in [7, 11) is 0. The quantitative estimate of drug-likeness (QED) is 0.555. The summed E-state index contributed by atoms with van der Waals surface area (Å²) in [5.74, 6) is 1.76. The van der Waals surface area contributed by atoms with Gasteiger partial charge in [0.15, 0.2) is 0 Å². The first-order valence-electron chi connectivity index (χ1n) is 6.83. The van der Waals surface area contributed by atoms with E-state index in [2.05, 4.69) is 27.5 Å². The summed E-state index contributed by atoms with van der Waals surface area (Å²) in [5.41, 5.74) is 1.12. The minimum Gasteiger partial charge on any atom is -0.394 e. The zero-order valence-electron chi connectivity index (χ0n) is 11.8. The van der Waals surface area contributed by atoms with Crippen LogP contribution in [0.4, 0.5) is 11.6 Å². The third kappa shape index (κ3) is 5.40. The van der Waals surface area contributed by atoms with Crippen molar-refractivity contribution in [3.8, 4) is 0 Å². The molecular formula is C13H24N4O2. The summed E-state index contributed by atoms with van der Waals surface area (Å²) in [4.78, 5) is 8.57. The number of aliphatic hydroxyl groups is 1. The maximum absolute atomic E-state index is 8.62. The molecule has 0 aliphatic rings. The van der Waals surface area contributed by atoms with Crippen LogP contribution in [0.15, 0.2) is 6.33 Å². The minimum atomic E-state index is 0.0547. The van der Waals surface area contributed by atoms with Gasteiger partial charge in [0, 0.05) is 18.7 Å². The number of nitrogens with zero attached hydrogens (tertiary/aromatic N) is 2. The van der Waals surface area contributed by atoms with Crippen LogP contribution in [-0.2, 0) is 11.2 Å². The zero-order valence-corrected chi connectivity index (χ0v) is 11.8. The summed E-state index contributed by atoms with van der Waals surface area (Å²) >= 11 is 0. The smallest absolute Gasteiger partial charge is 0.134 e. The predicted octanol–water partition coefficient (Wildman–Crippen LogP) is 1.28. The van der Waals surface area contributed by atoms with Crippen molar-refractivity contribution >= 4 is 11.6 Å². The Hall–Kier alpha value is -1.40. The fourth-order valence-electron chi connectivity index (χ4n) is 1.78. The average Bonchev–Trinajstić information content (AvgIpc) is 2.42. The van der Waals surface area contributed by atoms with Gasteiger partial charge in [0.25, 0.3) is 0 Å². The van der Waals surface area contributed by atoms with E-state index in [4.69, 9.17) is 9.84 Å². The number of nitrogens with one attached hydrogen (secondary N) is 2. The molecule has 0 aliphatic heterocycles. The van der Waals surface area contributed by atoms with Crippen molar-refractivity contribution in [1.29, 1.82) is 0 Å². The van der Waals surface area contributed by atoms with Crippen LogP contribution in [0.2, 0.25) is 0 Å². The zero-order chi connectivity index (χ0) is 13.9. The third-order valence-corrected chi connectivity index (χ3v) is 2.56. The van der Waals surface area contributed by atoms with E-state index >= 15 is 0 Å². The molecule has 0 spiro atoms. The molecule has 0 bridgehead atoms. The molecule has 1 aromatic heterocycles. The van der Waals surface area contributed by atoms with Crippen molar-refractivity contribution in [1.82, 2.24) is 9.97 Å². The van der Waals surface area contributed by atoms with Crippen molar-refractivity contribution in [2.45, 2.75) is 26.7 Å². The van der Waals surface area contributed by atoms with Crippen molar-refractivity contribution in [2.24, 2.45) is 0 Å². The molecule has 6 heteroatoms. The van der Waals surface area contributed by atoms with E-state index in [1.807, 2.05) is 6.92 Å². The summed E-state index contributed by atoms with van der Waals surface area (Å²) < 4.78 is 5.21. The van der Waals surface area contributed by atoms with Gasteiger partial charge < -0.3 is 20.5 Å². The highest BCUT2D eigenvalue weighted by molar-refractivity contribution is 5.57. The van der Waals surface area contributed by atoms with Gasteiger partial charge in [-0.3, -0.25) is 0 Å². The number of aromatic nitrogens is 2. The maximum Gasteiger partial charge on any atom is 0.134 e. The highest BCUT2D eigenvalue weighted by atomic mass is 16.5.